The van der Waals surface area contributed by atoms with Crippen LogP contribution in [0.5, 0.6) is 0 Å². The predicted octanol–water partition coefficient (Wildman–Crippen LogP) is 2.38. The first-order valence-corrected chi connectivity index (χ1v) is 9.42. The third-order valence-corrected chi connectivity index (χ3v) is 5.54. The number of anilines is 1. The van der Waals surface area contributed by atoms with Gasteiger partial charge in [-0.3, -0.25) is 4.79 Å². The molecule has 0 radical (unpaired) electrons. The Balaban J connectivity index is 1.97. The van der Waals surface area contributed by atoms with Gasteiger partial charge in [-0.15, -0.1) is 0 Å². The molecular weight excluding hydrogens is 396 g/mol. The summed E-state index contributed by atoms with van der Waals surface area (Å²) in [5.74, 6) is -0.897. The van der Waals surface area contributed by atoms with Gasteiger partial charge in [0.25, 0.3) is 5.91 Å². The van der Waals surface area contributed by atoms with Crippen molar-refractivity contribution in [3.63, 3.8) is 0 Å². The zero-order valence-corrected chi connectivity index (χ0v) is 16.1. The van der Waals surface area contributed by atoms with Crippen LogP contribution in [0.3, 0.4) is 0 Å². The number of sulfonamides is 1. The van der Waals surface area contributed by atoms with E-state index in [-0.39, 0.29) is 15.6 Å². The lowest BCUT2D eigenvalue weighted by Gasteiger charge is -2.14. The molecule has 0 aliphatic carbocycles. The molecule has 0 bridgehead atoms. The average molecular weight is 413 g/mol. The predicted molar refractivity (Wildman–Crippen MR) is 99.7 cm³/mol. The van der Waals surface area contributed by atoms with Gasteiger partial charge >= 0.3 is 5.97 Å². The molecule has 144 valence electrons. The highest BCUT2D eigenvalue weighted by Gasteiger charge is 2.21. The van der Waals surface area contributed by atoms with Crippen molar-refractivity contribution in [3.05, 3.63) is 53.5 Å². The van der Waals surface area contributed by atoms with Crippen LogP contribution in [0.15, 0.2) is 52.0 Å². The van der Waals surface area contributed by atoms with Crippen molar-refractivity contribution in [2.24, 2.45) is 0 Å². The summed E-state index contributed by atoms with van der Waals surface area (Å²) in [4.78, 5) is 23.3. The molecular formula is C17H17ClN2O6S. The normalized spacial score (nSPS) is 11.7. The van der Waals surface area contributed by atoms with Crippen LogP contribution in [-0.2, 0) is 24.3 Å². The van der Waals surface area contributed by atoms with Crippen molar-refractivity contribution < 1.29 is 27.2 Å². The van der Waals surface area contributed by atoms with Crippen LogP contribution in [0.4, 0.5) is 5.69 Å². The van der Waals surface area contributed by atoms with Crippen LogP contribution in [0, 0.1) is 0 Å². The van der Waals surface area contributed by atoms with E-state index < -0.39 is 28.5 Å². The van der Waals surface area contributed by atoms with E-state index in [1.165, 1.54) is 44.6 Å². The fraction of sp³-hybridized carbons (Fsp3) is 0.176. The Kier molecular flexibility index (Phi) is 6.78. The van der Waals surface area contributed by atoms with Crippen molar-refractivity contribution in [2.75, 3.05) is 26.0 Å². The molecule has 2 aromatic rings. The molecule has 8 nitrogen and oxygen atoms in total. The number of hydrogen-bond acceptors (Lipinski definition) is 6. The van der Waals surface area contributed by atoms with E-state index in [4.69, 9.17) is 20.8 Å². The SMILES string of the molecule is CN(C)S(=O)(=O)c1cc(NC(=O)COC(=O)/C=C/c2ccco2)ccc1Cl. The lowest BCUT2D eigenvalue weighted by Crippen LogP contribution is -2.23. The van der Waals surface area contributed by atoms with Gasteiger partial charge in [-0.05, 0) is 36.4 Å². The fourth-order valence-corrected chi connectivity index (χ4v) is 3.29. The molecule has 0 fully saturated rings. The van der Waals surface area contributed by atoms with Crippen molar-refractivity contribution in [1.29, 1.82) is 0 Å². The monoisotopic (exact) mass is 412 g/mol. The lowest BCUT2D eigenvalue weighted by molar-refractivity contribution is -0.142. The summed E-state index contributed by atoms with van der Waals surface area (Å²) in [5, 5.41) is 2.47. The third kappa shape index (κ3) is 5.68. The van der Waals surface area contributed by atoms with E-state index in [1.54, 1.807) is 12.1 Å². The number of benzene rings is 1. The molecule has 27 heavy (non-hydrogen) atoms. The minimum atomic E-state index is -3.77. The summed E-state index contributed by atoms with van der Waals surface area (Å²) in [6.07, 6.45) is 3.98. The van der Waals surface area contributed by atoms with Crippen LogP contribution < -0.4 is 5.32 Å². The Labute approximate surface area is 161 Å². The van der Waals surface area contributed by atoms with Crippen LogP contribution in [0.25, 0.3) is 6.08 Å². The average Bonchev–Trinajstić information content (AvgIpc) is 3.13. The highest BCUT2D eigenvalue weighted by atomic mass is 35.5. The summed E-state index contributed by atoms with van der Waals surface area (Å²) >= 11 is 5.94. The zero-order chi connectivity index (χ0) is 20.0. The maximum atomic E-state index is 12.2. The van der Waals surface area contributed by atoms with Crippen molar-refractivity contribution in [1.82, 2.24) is 4.31 Å². The molecule has 2 rings (SSSR count). The molecule has 0 aliphatic rings. The number of carbonyl (C=O) groups excluding carboxylic acids is 2. The number of nitrogens with one attached hydrogen (secondary N) is 1. The van der Waals surface area contributed by atoms with Gasteiger partial charge < -0.3 is 14.5 Å². The van der Waals surface area contributed by atoms with Gasteiger partial charge in [-0.2, -0.15) is 0 Å². The highest BCUT2D eigenvalue weighted by molar-refractivity contribution is 7.89. The second kappa shape index (κ2) is 8.85. The first-order valence-electron chi connectivity index (χ1n) is 7.60. The smallest absolute Gasteiger partial charge is 0.331 e. The zero-order valence-electron chi connectivity index (χ0n) is 14.5. The van der Waals surface area contributed by atoms with Gasteiger partial charge in [0.2, 0.25) is 10.0 Å². The molecule has 0 spiro atoms. The van der Waals surface area contributed by atoms with E-state index in [0.29, 0.717) is 5.76 Å². The number of carbonyl (C=O) groups is 2. The first kappa shape index (κ1) is 20.7. The number of nitrogens with zero attached hydrogens (tertiary/aromatic N) is 1. The molecule has 0 saturated heterocycles. The molecule has 1 N–H and O–H groups in total. The second-order valence-electron chi connectivity index (χ2n) is 5.44. The minimum absolute atomic E-state index is 0.0243. The van der Waals surface area contributed by atoms with Gasteiger partial charge in [-0.25, -0.2) is 17.5 Å². The summed E-state index contributed by atoms with van der Waals surface area (Å²) in [5.41, 5.74) is 0.201. The Morgan fingerprint density at radius 1 is 1.30 bits per heavy atom. The number of ether oxygens (including phenoxy) is 1. The third-order valence-electron chi connectivity index (χ3n) is 3.25. The van der Waals surface area contributed by atoms with Crippen molar-refractivity contribution in [3.8, 4) is 0 Å². The largest absolute Gasteiger partial charge is 0.465 e. The fourth-order valence-electron chi connectivity index (χ4n) is 1.89. The Morgan fingerprint density at radius 3 is 2.67 bits per heavy atom. The molecule has 0 atom stereocenters. The van der Waals surface area contributed by atoms with Crippen LogP contribution >= 0.6 is 11.6 Å². The van der Waals surface area contributed by atoms with E-state index in [0.717, 1.165) is 10.4 Å². The number of halogens is 1. The molecule has 10 heteroatoms. The van der Waals surface area contributed by atoms with E-state index in [2.05, 4.69) is 5.32 Å². The maximum absolute atomic E-state index is 12.2. The Hall–Kier alpha value is -2.62. The topological polar surface area (TPSA) is 106 Å². The first-order chi connectivity index (χ1) is 12.7. The quantitative estimate of drug-likeness (QED) is 0.552. The number of esters is 1. The standard InChI is InChI=1S/C17H17ClN2O6S/c1-20(2)27(23,24)15-10-12(5-7-14(15)18)19-16(21)11-26-17(22)8-6-13-4-3-9-25-13/h3-10H,11H2,1-2H3,(H,19,21)/b8-6+. The van der Waals surface area contributed by atoms with E-state index >= 15 is 0 Å². The number of hydrogen-bond donors (Lipinski definition) is 1. The van der Waals surface area contributed by atoms with E-state index in [9.17, 15) is 18.0 Å². The van der Waals surface area contributed by atoms with E-state index in [1.807, 2.05) is 0 Å². The van der Waals surface area contributed by atoms with Gasteiger partial charge in [0, 0.05) is 25.9 Å². The van der Waals surface area contributed by atoms with Crippen LogP contribution in [0.1, 0.15) is 5.76 Å². The molecule has 0 saturated carbocycles. The van der Waals surface area contributed by atoms with Gasteiger partial charge in [0.05, 0.1) is 11.3 Å². The second-order valence-corrected chi connectivity index (χ2v) is 7.96. The van der Waals surface area contributed by atoms with Crippen molar-refractivity contribution >= 4 is 45.3 Å². The summed E-state index contributed by atoms with van der Waals surface area (Å²) in [7, 11) is -1.04. The number of rotatable bonds is 7. The van der Waals surface area contributed by atoms with Gasteiger partial charge in [-0.1, -0.05) is 11.6 Å². The maximum Gasteiger partial charge on any atom is 0.331 e. The Bertz CT molecular complexity index is 952. The van der Waals surface area contributed by atoms with Crippen LogP contribution in [-0.4, -0.2) is 45.3 Å². The molecule has 1 amide bonds. The minimum Gasteiger partial charge on any atom is -0.465 e. The Morgan fingerprint density at radius 2 is 2.04 bits per heavy atom. The number of furan rings is 1. The van der Waals surface area contributed by atoms with Gasteiger partial charge in [0.15, 0.2) is 6.61 Å². The molecule has 1 aromatic carbocycles. The molecule has 0 unspecified atom stereocenters. The molecule has 1 heterocycles. The van der Waals surface area contributed by atoms with Crippen LogP contribution in [0.2, 0.25) is 5.02 Å². The van der Waals surface area contributed by atoms with Crippen molar-refractivity contribution in [2.45, 2.75) is 4.90 Å². The molecule has 0 aliphatic heterocycles. The summed E-state index contributed by atoms with van der Waals surface area (Å²) < 4.78 is 35.3. The lowest BCUT2D eigenvalue weighted by atomic mass is 10.3. The molecule has 1 aromatic heterocycles. The van der Waals surface area contributed by atoms with Gasteiger partial charge in [0.1, 0.15) is 10.7 Å². The highest BCUT2D eigenvalue weighted by Crippen LogP contribution is 2.26. The summed E-state index contributed by atoms with van der Waals surface area (Å²) in [6.45, 7) is -0.542. The number of amides is 1. The summed E-state index contributed by atoms with van der Waals surface area (Å²) in [6, 6.07) is 7.33.